The number of hydrogen-bond donors (Lipinski definition) is 2. The van der Waals surface area contributed by atoms with Crippen molar-refractivity contribution in [2.45, 2.75) is 137 Å². The van der Waals surface area contributed by atoms with Gasteiger partial charge in [0.15, 0.2) is 6.61 Å². The van der Waals surface area contributed by atoms with Gasteiger partial charge in [-0.05, 0) is 104 Å². The Morgan fingerprint density at radius 2 is 1.75 bits per heavy atom. The summed E-state index contributed by atoms with van der Waals surface area (Å²) in [7, 11) is 0. The summed E-state index contributed by atoms with van der Waals surface area (Å²) in [6.45, 7) is 12.2. The molecule has 6 heteroatoms. The van der Waals surface area contributed by atoms with Gasteiger partial charge in [-0.2, -0.15) is 0 Å². The van der Waals surface area contributed by atoms with Crippen LogP contribution in [0.4, 0.5) is 0 Å². The van der Waals surface area contributed by atoms with Crippen LogP contribution in [0.3, 0.4) is 0 Å². The van der Waals surface area contributed by atoms with Crippen LogP contribution in [0, 0.1) is 39.9 Å². The van der Waals surface area contributed by atoms with E-state index in [4.69, 9.17) is 9.84 Å². The SMILES string of the molecule is CC(C)CCCCC1CCC2C1(C)CCC1C3(C)CCC(NC(=O)COC(=O)CCCC(=O)O)CC3=CCC12C. The van der Waals surface area contributed by atoms with Crippen LogP contribution in [-0.4, -0.2) is 35.6 Å². The van der Waals surface area contributed by atoms with Crippen LogP contribution in [0.2, 0.25) is 0 Å². The standard InChI is InChI=1S/C34H55NO5/c1-23(2)9-6-7-10-24-13-14-27-32(24,3)20-17-28-33(4)19-16-26(21-25(33)15-18-34(27,28)5)35-29(36)22-40-31(39)12-8-11-30(37)38/h15,23-24,26-28H,6-14,16-22H2,1-5H3,(H,35,36)(H,37,38). The lowest BCUT2D eigenvalue weighted by atomic mass is 9.41. The molecule has 0 bridgehead atoms. The number of carboxylic acid groups (broad SMARTS) is 1. The van der Waals surface area contributed by atoms with Crippen molar-refractivity contribution in [3.05, 3.63) is 11.6 Å². The van der Waals surface area contributed by atoms with Gasteiger partial charge in [0, 0.05) is 18.9 Å². The molecule has 4 rings (SSSR count). The number of allylic oxidation sites excluding steroid dienone is 1. The van der Waals surface area contributed by atoms with Crippen LogP contribution in [0.5, 0.6) is 0 Å². The zero-order valence-corrected chi connectivity index (χ0v) is 25.9. The van der Waals surface area contributed by atoms with E-state index in [0.717, 1.165) is 43.4 Å². The highest BCUT2D eigenvalue weighted by atomic mass is 16.5. The molecule has 3 fully saturated rings. The van der Waals surface area contributed by atoms with E-state index in [1.54, 1.807) is 0 Å². The Morgan fingerprint density at radius 1 is 0.975 bits per heavy atom. The maximum Gasteiger partial charge on any atom is 0.306 e. The molecule has 0 spiro atoms. The number of carbonyl (C=O) groups is 3. The quantitative estimate of drug-likeness (QED) is 0.148. The molecule has 40 heavy (non-hydrogen) atoms. The maximum atomic E-state index is 12.5. The molecule has 0 radical (unpaired) electrons. The Bertz CT molecular complexity index is 973. The van der Waals surface area contributed by atoms with Crippen molar-refractivity contribution in [2.75, 3.05) is 6.61 Å². The third-order valence-electron chi connectivity index (χ3n) is 12.0. The van der Waals surface area contributed by atoms with Crippen molar-refractivity contribution in [3.63, 3.8) is 0 Å². The van der Waals surface area contributed by atoms with E-state index >= 15 is 0 Å². The fraction of sp³-hybridized carbons (Fsp3) is 0.853. The molecule has 0 saturated heterocycles. The highest BCUT2D eigenvalue weighted by Gasteiger charge is 2.63. The Balaban J connectivity index is 1.33. The number of nitrogens with one attached hydrogen (secondary N) is 1. The van der Waals surface area contributed by atoms with E-state index in [2.05, 4.69) is 46.0 Å². The summed E-state index contributed by atoms with van der Waals surface area (Å²) in [5.74, 6) is 1.50. The molecule has 226 valence electrons. The van der Waals surface area contributed by atoms with E-state index in [0.29, 0.717) is 16.7 Å². The number of amides is 1. The number of unbranched alkanes of at least 4 members (excludes halogenated alkanes) is 1. The van der Waals surface area contributed by atoms with E-state index in [-0.39, 0.29) is 43.2 Å². The minimum Gasteiger partial charge on any atom is -0.481 e. The zero-order valence-electron chi connectivity index (χ0n) is 25.9. The Labute approximate surface area is 242 Å². The molecular weight excluding hydrogens is 502 g/mol. The van der Waals surface area contributed by atoms with E-state index in [9.17, 15) is 14.4 Å². The largest absolute Gasteiger partial charge is 0.481 e. The third-order valence-corrected chi connectivity index (χ3v) is 12.0. The third kappa shape index (κ3) is 6.46. The molecule has 1 amide bonds. The summed E-state index contributed by atoms with van der Waals surface area (Å²) < 4.78 is 5.08. The second-order valence-electron chi connectivity index (χ2n) is 14.9. The van der Waals surface area contributed by atoms with Gasteiger partial charge < -0.3 is 15.2 Å². The van der Waals surface area contributed by atoms with Crippen molar-refractivity contribution >= 4 is 17.8 Å². The number of rotatable bonds is 12. The van der Waals surface area contributed by atoms with Crippen molar-refractivity contribution in [1.82, 2.24) is 5.32 Å². The van der Waals surface area contributed by atoms with Gasteiger partial charge in [0.05, 0.1) is 0 Å². The van der Waals surface area contributed by atoms with Crippen molar-refractivity contribution < 1.29 is 24.2 Å². The molecule has 0 heterocycles. The van der Waals surface area contributed by atoms with Crippen molar-refractivity contribution in [3.8, 4) is 0 Å². The lowest BCUT2D eigenvalue weighted by Crippen LogP contribution is -2.56. The number of esters is 1. The van der Waals surface area contributed by atoms with Crippen LogP contribution in [0.15, 0.2) is 11.6 Å². The Hall–Kier alpha value is -1.85. The molecule has 0 aliphatic heterocycles. The summed E-state index contributed by atoms with van der Waals surface area (Å²) >= 11 is 0. The number of hydrogen-bond acceptors (Lipinski definition) is 4. The first-order valence-corrected chi connectivity index (χ1v) is 16.2. The average molecular weight is 558 g/mol. The smallest absolute Gasteiger partial charge is 0.306 e. The molecule has 4 aliphatic carbocycles. The van der Waals surface area contributed by atoms with Gasteiger partial charge in [-0.3, -0.25) is 14.4 Å². The average Bonchev–Trinajstić information content (AvgIpc) is 3.22. The fourth-order valence-electron chi connectivity index (χ4n) is 9.84. The topological polar surface area (TPSA) is 92.7 Å². The lowest BCUT2D eigenvalue weighted by Gasteiger charge is -2.63. The van der Waals surface area contributed by atoms with Gasteiger partial charge in [-0.25, -0.2) is 0 Å². The van der Waals surface area contributed by atoms with E-state index in [1.807, 2.05) is 0 Å². The van der Waals surface area contributed by atoms with Gasteiger partial charge in [-0.1, -0.05) is 65.5 Å². The summed E-state index contributed by atoms with van der Waals surface area (Å²) in [6.07, 6.45) is 17.9. The molecule has 0 aromatic rings. The summed E-state index contributed by atoms with van der Waals surface area (Å²) in [5.41, 5.74) is 2.59. The molecule has 7 unspecified atom stereocenters. The first kappa shape index (κ1) is 31.1. The van der Waals surface area contributed by atoms with Crippen molar-refractivity contribution in [1.29, 1.82) is 0 Å². The van der Waals surface area contributed by atoms with Crippen molar-refractivity contribution in [2.24, 2.45) is 39.9 Å². The monoisotopic (exact) mass is 557 g/mol. The van der Waals surface area contributed by atoms with Gasteiger partial charge in [0.1, 0.15) is 0 Å². The predicted octanol–water partition coefficient (Wildman–Crippen LogP) is 7.45. The molecular formula is C34H55NO5. The molecule has 6 nitrogen and oxygen atoms in total. The molecule has 4 aliphatic rings. The number of aliphatic carboxylic acids is 1. The highest BCUT2D eigenvalue weighted by Crippen LogP contribution is 2.71. The highest BCUT2D eigenvalue weighted by molar-refractivity contribution is 5.81. The molecule has 0 aromatic carbocycles. The first-order chi connectivity index (χ1) is 18.9. The summed E-state index contributed by atoms with van der Waals surface area (Å²) in [5, 5.41) is 11.8. The van der Waals surface area contributed by atoms with Gasteiger partial charge in [0.2, 0.25) is 0 Å². The van der Waals surface area contributed by atoms with Crippen LogP contribution >= 0.6 is 0 Å². The Kier molecular flexibility index (Phi) is 9.77. The van der Waals surface area contributed by atoms with Crippen LogP contribution in [-0.2, 0) is 19.1 Å². The fourth-order valence-corrected chi connectivity index (χ4v) is 9.84. The maximum absolute atomic E-state index is 12.5. The molecule has 7 atom stereocenters. The van der Waals surface area contributed by atoms with Gasteiger partial charge in [0.25, 0.3) is 5.91 Å². The summed E-state index contributed by atoms with van der Waals surface area (Å²) in [4.78, 5) is 35.0. The second-order valence-corrected chi connectivity index (χ2v) is 14.9. The van der Waals surface area contributed by atoms with Crippen LogP contribution in [0.25, 0.3) is 0 Å². The predicted molar refractivity (Wildman–Crippen MR) is 157 cm³/mol. The number of fused-ring (bicyclic) bond motifs is 5. The number of carboxylic acids is 1. The summed E-state index contributed by atoms with van der Waals surface area (Å²) in [6, 6.07) is 0.0810. The van der Waals surface area contributed by atoms with Crippen LogP contribution < -0.4 is 5.32 Å². The first-order valence-electron chi connectivity index (χ1n) is 16.2. The van der Waals surface area contributed by atoms with Gasteiger partial charge >= 0.3 is 11.9 Å². The lowest BCUT2D eigenvalue weighted by molar-refractivity contribution is -0.149. The molecule has 2 N–H and O–H groups in total. The normalized spacial score (nSPS) is 36.7. The minimum atomic E-state index is -0.936. The second kappa shape index (κ2) is 12.6. The number of ether oxygens (including phenoxy) is 1. The zero-order chi connectivity index (χ0) is 29.1. The van der Waals surface area contributed by atoms with E-state index < -0.39 is 11.9 Å². The number of carbonyl (C=O) groups excluding carboxylic acids is 2. The van der Waals surface area contributed by atoms with Gasteiger partial charge in [-0.15, -0.1) is 0 Å². The van der Waals surface area contributed by atoms with Crippen LogP contribution in [0.1, 0.15) is 131 Å². The molecule has 0 aromatic heterocycles. The minimum absolute atomic E-state index is 0.0212. The molecule has 3 saturated carbocycles. The Morgan fingerprint density at radius 3 is 2.48 bits per heavy atom. The van der Waals surface area contributed by atoms with E-state index in [1.165, 1.54) is 56.9 Å².